The lowest BCUT2D eigenvalue weighted by atomic mass is 10.2. The molecule has 0 aliphatic heterocycles. The Bertz CT molecular complexity index is 1220. The zero-order valence-electron chi connectivity index (χ0n) is 19.5. The molecule has 200 valence electrons. The summed E-state index contributed by atoms with van der Waals surface area (Å²) in [6.07, 6.45) is -0.125. The highest BCUT2D eigenvalue weighted by Gasteiger charge is 2.24. The normalized spacial score (nSPS) is 11.8. The summed E-state index contributed by atoms with van der Waals surface area (Å²) >= 11 is 0. The molecule has 2 aromatic carbocycles. The average Bonchev–Trinajstić information content (AvgIpc) is 2.84. The smallest absolute Gasteiger partial charge is 0.410 e. The number of carbonyl (C=O) groups is 2. The molecule has 0 fully saturated rings. The Morgan fingerprint density at radius 3 is 1.81 bits per heavy atom. The number of hydrogen-bond acceptors (Lipinski definition) is 12. The number of nitrogens with zero attached hydrogens (tertiary/aromatic N) is 3. The predicted octanol–water partition coefficient (Wildman–Crippen LogP) is 1.49. The monoisotopic (exact) mass is 540 g/mol. The molecule has 0 bridgehead atoms. The molecule has 1 unspecified atom stereocenters. The lowest BCUT2D eigenvalue weighted by molar-refractivity contribution is -0.385. The summed E-state index contributed by atoms with van der Waals surface area (Å²) < 4.78 is 37.4. The highest BCUT2D eigenvalue weighted by Crippen LogP contribution is 2.14. The first kappa shape index (κ1) is 29.1. The highest BCUT2D eigenvalue weighted by molar-refractivity contribution is 7.85. The molecule has 16 heteroatoms. The van der Waals surface area contributed by atoms with Gasteiger partial charge >= 0.3 is 12.1 Å². The summed E-state index contributed by atoms with van der Waals surface area (Å²) in [5, 5.41) is 21.5. The molecule has 1 atom stereocenters. The van der Waals surface area contributed by atoms with E-state index in [9.17, 15) is 38.2 Å². The van der Waals surface area contributed by atoms with Gasteiger partial charge in [0, 0.05) is 37.4 Å². The quantitative estimate of drug-likeness (QED) is 0.166. The van der Waals surface area contributed by atoms with Gasteiger partial charge in [-0.1, -0.05) is 0 Å². The third-order valence-corrected chi connectivity index (χ3v) is 5.27. The van der Waals surface area contributed by atoms with Crippen LogP contribution in [0.25, 0.3) is 0 Å². The number of hydrogen-bond donors (Lipinski definition) is 1. The molecule has 15 nitrogen and oxygen atoms in total. The van der Waals surface area contributed by atoms with Crippen LogP contribution in [0, 0.1) is 20.2 Å². The summed E-state index contributed by atoms with van der Waals surface area (Å²) in [6, 6.07) is 9.20. The Hall–Kier alpha value is -4.15. The minimum Gasteiger partial charge on any atom is -0.460 e. The van der Waals surface area contributed by atoms with Crippen LogP contribution in [0.15, 0.2) is 48.5 Å². The molecule has 0 aliphatic rings. The Labute approximate surface area is 211 Å². The summed E-state index contributed by atoms with van der Waals surface area (Å²) in [5.74, 6) is -0.893. The van der Waals surface area contributed by atoms with Gasteiger partial charge in [0.2, 0.25) is 0 Å². The van der Waals surface area contributed by atoms with Crippen LogP contribution < -0.4 is 5.73 Å². The van der Waals surface area contributed by atoms with Crippen LogP contribution in [0.1, 0.15) is 11.1 Å². The Morgan fingerprint density at radius 1 is 0.919 bits per heavy atom. The molecule has 0 heterocycles. The summed E-state index contributed by atoms with van der Waals surface area (Å²) in [5.41, 5.74) is 6.49. The van der Waals surface area contributed by atoms with Crippen molar-refractivity contribution in [3.63, 3.8) is 0 Å². The summed E-state index contributed by atoms with van der Waals surface area (Å²) in [6.45, 7) is -1.64. The zero-order chi connectivity index (χ0) is 27.6. The molecule has 0 aromatic heterocycles. The van der Waals surface area contributed by atoms with Gasteiger partial charge in [-0.3, -0.25) is 29.2 Å². The van der Waals surface area contributed by atoms with Gasteiger partial charge in [-0.25, -0.2) is 4.79 Å². The lowest BCUT2D eigenvalue weighted by Gasteiger charge is -2.24. The molecule has 0 spiro atoms. The van der Waals surface area contributed by atoms with E-state index in [1.165, 1.54) is 48.5 Å². The minimum absolute atomic E-state index is 0.133. The molecule has 2 N–H and O–H groups in total. The van der Waals surface area contributed by atoms with Crippen molar-refractivity contribution in [2.75, 3.05) is 26.0 Å². The van der Waals surface area contributed by atoms with Crippen LogP contribution in [0.5, 0.6) is 0 Å². The van der Waals surface area contributed by atoms with Crippen molar-refractivity contribution in [1.29, 1.82) is 0 Å². The second-order valence-corrected chi connectivity index (χ2v) is 9.23. The predicted molar refractivity (Wildman–Crippen MR) is 127 cm³/mol. The second kappa shape index (κ2) is 13.2. The van der Waals surface area contributed by atoms with Gasteiger partial charge in [0.1, 0.15) is 19.3 Å². The molecule has 37 heavy (non-hydrogen) atoms. The minimum atomic E-state index is -3.80. The van der Waals surface area contributed by atoms with E-state index >= 15 is 0 Å². The number of benzene rings is 2. The van der Waals surface area contributed by atoms with Gasteiger partial charge in [-0.15, -0.1) is 0 Å². The van der Waals surface area contributed by atoms with E-state index in [1.807, 2.05) is 0 Å². The average molecular weight is 541 g/mol. The molecule has 0 radical (unpaired) electrons. The molecular formula is C21H24N4O11S. The van der Waals surface area contributed by atoms with E-state index in [2.05, 4.69) is 4.18 Å². The van der Waals surface area contributed by atoms with Crippen molar-refractivity contribution in [1.82, 2.24) is 4.90 Å². The molecular weight excluding hydrogens is 516 g/mol. The number of nitro groups is 2. The molecule has 2 rings (SSSR count). The second-order valence-electron chi connectivity index (χ2n) is 7.59. The Kier molecular flexibility index (Phi) is 10.4. The van der Waals surface area contributed by atoms with Crippen LogP contribution in [-0.4, -0.2) is 67.2 Å². The number of nitrogens with two attached hydrogens (primary N) is 1. The zero-order valence-corrected chi connectivity index (χ0v) is 20.4. The van der Waals surface area contributed by atoms with E-state index in [0.717, 1.165) is 11.2 Å². The van der Waals surface area contributed by atoms with Gasteiger partial charge < -0.3 is 20.1 Å². The first-order valence-electron chi connectivity index (χ1n) is 10.5. The van der Waals surface area contributed by atoms with Gasteiger partial charge in [0.05, 0.1) is 22.7 Å². The van der Waals surface area contributed by atoms with Gasteiger partial charge in [0.25, 0.3) is 21.5 Å². The third-order valence-electron chi connectivity index (χ3n) is 4.67. The first-order chi connectivity index (χ1) is 17.4. The standard InChI is InChI=1S/C21H24N4O11S/c1-37(32,33)36-11-10-23(21(27)35-14-16-4-8-18(9-5-16)25(30)31)12-19(22)20(26)34-13-15-2-6-17(7-3-15)24(28)29/h2-9,19H,10-14,22H2,1H3. The molecule has 1 amide bonds. The largest absolute Gasteiger partial charge is 0.460 e. The van der Waals surface area contributed by atoms with E-state index in [4.69, 9.17) is 15.2 Å². The van der Waals surface area contributed by atoms with Crippen molar-refractivity contribution in [2.24, 2.45) is 5.73 Å². The van der Waals surface area contributed by atoms with Gasteiger partial charge in [-0.2, -0.15) is 8.42 Å². The maximum atomic E-state index is 12.6. The number of rotatable bonds is 13. The van der Waals surface area contributed by atoms with Crippen LogP contribution in [-0.2, 0) is 41.8 Å². The van der Waals surface area contributed by atoms with Crippen molar-refractivity contribution < 1.29 is 41.5 Å². The first-order valence-corrected chi connectivity index (χ1v) is 12.3. The maximum absolute atomic E-state index is 12.6. The number of non-ortho nitro benzene ring substituents is 2. The number of esters is 1. The number of ether oxygens (including phenoxy) is 2. The van der Waals surface area contributed by atoms with Crippen molar-refractivity contribution >= 4 is 33.6 Å². The van der Waals surface area contributed by atoms with Crippen LogP contribution in [0.4, 0.5) is 16.2 Å². The SMILES string of the molecule is CS(=O)(=O)OCCN(CC(N)C(=O)OCc1ccc([N+](=O)[O-])cc1)C(=O)OCc1ccc([N+](=O)[O-])cc1. The van der Waals surface area contributed by atoms with Crippen LogP contribution in [0.2, 0.25) is 0 Å². The van der Waals surface area contributed by atoms with E-state index < -0.39 is 51.2 Å². The topological polar surface area (TPSA) is 212 Å². The highest BCUT2D eigenvalue weighted by atomic mass is 32.2. The van der Waals surface area contributed by atoms with Gasteiger partial charge in [-0.05, 0) is 35.4 Å². The number of carbonyl (C=O) groups excluding carboxylic acids is 2. The third kappa shape index (κ3) is 10.2. The molecule has 0 saturated heterocycles. The van der Waals surface area contributed by atoms with Crippen molar-refractivity contribution in [3.05, 3.63) is 79.9 Å². The fourth-order valence-corrected chi connectivity index (χ4v) is 3.17. The maximum Gasteiger partial charge on any atom is 0.410 e. The number of nitro benzene ring substituents is 2. The fourth-order valence-electron chi connectivity index (χ4n) is 2.79. The van der Waals surface area contributed by atoms with E-state index in [0.29, 0.717) is 11.1 Å². The fraction of sp³-hybridized carbons (Fsp3) is 0.333. The van der Waals surface area contributed by atoms with Crippen LogP contribution >= 0.6 is 0 Å². The van der Waals surface area contributed by atoms with Crippen LogP contribution in [0.3, 0.4) is 0 Å². The Morgan fingerprint density at radius 2 is 1.38 bits per heavy atom. The summed E-state index contributed by atoms with van der Waals surface area (Å²) in [7, 11) is -3.80. The lowest BCUT2D eigenvalue weighted by Crippen LogP contribution is -2.47. The molecule has 2 aromatic rings. The summed E-state index contributed by atoms with van der Waals surface area (Å²) in [4.78, 5) is 46.2. The number of amides is 1. The van der Waals surface area contributed by atoms with Crippen molar-refractivity contribution in [3.8, 4) is 0 Å². The molecule has 0 aliphatic carbocycles. The molecule has 0 saturated carbocycles. The van der Waals surface area contributed by atoms with Gasteiger partial charge in [0.15, 0.2) is 0 Å². The van der Waals surface area contributed by atoms with E-state index in [-0.39, 0.29) is 31.1 Å². The van der Waals surface area contributed by atoms with E-state index in [1.54, 1.807) is 0 Å². The van der Waals surface area contributed by atoms with Crippen molar-refractivity contribution in [2.45, 2.75) is 19.3 Å². The Balaban J connectivity index is 1.97.